The maximum atomic E-state index is 5.75. The molecule has 0 amide bonds. The number of rotatable bonds is 0. The molecule has 1 saturated carbocycles. The first-order valence-corrected chi connectivity index (χ1v) is 5.32. The first-order chi connectivity index (χ1) is 5.97. The molecular weight excluding hydrogens is 150 g/mol. The van der Waals surface area contributed by atoms with Crippen molar-refractivity contribution in [2.24, 2.45) is 0 Å². The van der Waals surface area contributed by atoms with Crippen molar-refractivity contribution >= 4 is 0 Å². The van der Waals surface area contributed by atoms with Gasteiger partial charge in [-0.3, -0.25) is 0 Å². The molecule has 2 nitrogen and oxygen atoms in total. The van der Waals surface area contributed by atoms with Crippen molar-refractivity contribution in [2.75, 3.05) is 13.2 Å². The molecule has 2 fully saturated rings. The van der Waals surface area contributed by atoms with Gasteiger partial charge in [0.15, 0.2) is 0 Å². The van der Waals surface area contributed by atoms with Gasteiger partial charge in [0, 0.05) is 12.6 Å². The highest BCUT2D eigenvalue weighted by Gasteiger charge is 2.25. The predicted octanol–water partition coefficient (Wildman–Crippen LogP) is 1.70. The molecule has 0 aromatic carbocycles. The van der Waals surface area contributed by atoms with Gasteiger partial charge in [0.25, 0.3) is 0 Å². The van der Waals surface area contributed by atoms with Crippen molar-refractivity contribution in [3.8, 4) is 0 Å². The van der Waals surface area contributed by atoms with Crippen LogP contribution in [0.1, 0.15) is 38.5 Å². The van der Waals surface area contributed by atoms with Crippen LogP contribution in [-0.4, -0.2) is 25.3 Å². The molecule has 0 aromatic rings. The Bertz CT molecular complexity index is 122. The van der Waals surface area contributed by atoms with E-state index in [1.807, 2.05) is 0 Å². The molecule has 1 aliphatic heterocycles. The van der Waals surface area contributed by atoms with Gasteiger partial charge in [-0.2, -0.15) is 0 Å². The van der Waals surface area contributed by atoms with E-state index in [4.69, 9.17) is 4.74 Å². The highest BCUT2D eigenvalue weighted by molar-refractivity contribution is 4.82. The first kappa shape index (κ1) is 8.52. The van der Waals surface area contributed by atoms with Gasteiger partial charge in [0.1, 0.15) is 0 Å². The van der Waals surface area contributed by atoms with Crippen LogP contribution in [0, 0.1) is 0 Å². The highest BCUT2D eigenvalue weighted by atomic mass is 16.5. The Morgan fingerprint density at radius 1 is 1.00 bits per heavy atom. The van der Waals surface area contributed by atoms with Gasteiger partial charge in [0.05, 0.1) is 12.7 Å². The summed E-state index contributed by atoms with van der Waals surface area (Å²) in [6.45, 7) is 1.97. The molecule has 1 heterocycles. The van der Waals surface area contributed by atoms with E-state index in [9.17, 15) is 0 Å². The molecule has 0 spiro atoms. The molecule has 1 saturated heterocycles. The van der Waals surface area contributed by atoms with Crippen LogP contribution >= 0.6 is 0 Å². The fourth-order valence-electron chi connectivity index (χ4n) is 2.34. The lowest BCUT2D eigenvalue weighted by Crippen LogP contribution is -2.48. The van der Waals surface area contributed by atoms with Crippen LogP contribution in [0.15, 0.2) is 0 Å². The zero-order valence-electron chi connectivity index (χ0n) is 7.72. The number of morpholine rings is 1. The summed E-state index contributed by atoms with van der Waals surface area (Å²) in [7, 11) is 0. The standard InChI is InChI=1S/C10H19NO/c1-2-4-6-10-9(5-3-1)11-7-8-12-10/h9-11H,1-8H2/t9-,10+/m1/s1. The van der Waals surface area contributed by atoms with Crippen molar-refractivity contribution in [2.45, 2.75) is 50.7 Å². The summed E-state index contributed by atoms with van der Waals surface area (Å²) in [5, 5.41) is 3.56. The summed E-state index contributed by atoms with van der Waals surface area (Å²) in [5.41, 5.74) is 0. The molecule has 2 heteroatoms. The normalized spacial score (nSPS) is 38.0. The van der Waals surface area contributed by atoms with Gasteiger partial charge in [-0.1, -0.05) is 25.7 Å². The third kappa shape index (κ3) is 1.99. The lowest BCUT2D eigenvalue weighted by molar-refractivity contribution is -0.0154. The minimum atomic E-state index is 0.527. The Kier molecular flexibility index (Phi) is 3.01. The number of nitrogens with one attached hydrogen (secondary N) is 1. The smallest absolute Gasteiger partial charge is 0.0728 e. The maximum Gasteiger partial charge on any atom is 0.0728 e. The van der Waals surface area contributed by atoms with Gasteiger partial charge in [0.2, 0.25) is 0 Å². The summed E-state index contributed by atoms with van der Waals surface area (Å²) >= 11 is 0. The van der Waals surface area contributed by atoms with Crippen LogP contribution in [0.3, 0.4) is 0 Å². The van der Waals surface area contributed by atoms with E-state index in [0.717, 1.165) is 13.2 Å². The predicted molar refractivity (Wildman–Crippen MR) is 49.2 cm³/mol. The van der Waals surface area contributed by atoms with E-state index >= 15 is 0 Å². The van der Waals surface area contributed by atoms with E-state index in [-0.39, 0.29) is 0 Å². The molecule has 0 bridgehead atoms. The van der Waals surface area contributed by atoms with Crippen molar-refractivity contribution in [1.29, 1.82) is 0 Å². The molecule has 12 heavy (non-hydrogen) atoms. The number of hydrogen-bond acceptors (Lipinski definition) is 2. The number of fused-ring (bicyclic) bond motifs is 1. The van der Waals surface area contributed by atoms with E-state index in [1.165, 1.54) is 38.5 Å². The monoisotopic (exact) mass is 169 g/mol. The van der Waals surface area contributed by atoms with Gasteiger partial charge in [-0.05, 0) is 12.8 Å². The van der Waals surface area contributed by atoms with Crippen LogP contribution in [-0.2, 0) is 4.74 Å². The van der Waals surface area contributed by atoms with Crippen LogP contribution in [0.2, 0.25) is 0 Å². The Labute approximate surface area is 74.7 Å². The summed E-state index contributed by atoms with van der Waals surface area (Å²) in [5.74, 6) is 0. The van der Waals surface area contributed by atoms with Gasteiger partial charge in [-0.15, -0.1) is 0 Å². The zero-order chi connectivity index (χ0) is 8.23. The summed E-state index contributed by atoms with van der Waals surface area (Å²) in [4.78, 5) is 0. The molecule has 2 atom stereocenters. The highest BCUT2D eigenvalue weighted by Crippen LogP contribution is 2.21. The van der Waals surface area contributed by atoms with Crippen molar-refractivity contribution < 1.29 is 4.74 Å². The van der Waals surface area contributed by atoms with E-state index in [1.54, 1.807) is 0 Å². The molecular formula is C10H19NO. The number of ether oxygens (including phenoxy) is 1. The van der Waals surface area contributed by atoms with Crippen LogP contribution < -0.4 is 5.32 Å². The molecule has 0 radical (unpaired) electrons. The topological polar surface area (TPSA) is 21.3 Å². The Morgan fingerprint density at radius 2 is 1.83 bits per heavy atom. The Hall–Kier alpha value is -0.0800. The summed E-state index contributed by atoms with van der Waals surface area (Å²) in [6.07, 6.45) is 8.71. The molecule has 0 unspecified atom stereocenters. The molecule has 1 aliphatic carbocycles. The average Bonchev–Trinajstić information content (AvgIpc) is 2.06. The van der Waals surface area contributed by atoms with Gasteiger partial charge in [-0.25, -0.2) is 0 Å². The lowest BCUT2D eigenvalue weighted by Gasteiger charge is -2.34. The van der Waals surface area contributed by atoms with Crippen LogP contribution in [0.4, 0.5) is 0 Å². The molecule has 0 aromatic heterocycles. The summed E-state index contributed by atoms with van der Waals surface area (Å²) < 4.78 is 5.75. The minimum absolute atomic E-state index is 0.527. The molecule has 70 valence electrons. The number of hydrogen-bond donors (Lipinski definition) is 1. The third-order valence-electron chi connectivity index (χ3n) is 3.04. The fraction of sp³-hybridized carbons (Fsp3) is 1.00. The first-order valence-electron chi connectivity index (χ1n) is 5.32. The molecule has 2 aliphatic rings. The van der Waals surface area contributed by atoms with Gasteiger partial charge < -0.3 is 10.1 Å². The van der Waals surface area contributed by atoms with Gasteiger partial charge >= 0.3 is 0 Å². The van der Waals surface area contributed by atoms with Crippen molar-refractivity contribution in [1.82, 2.24) is 5.32 Å². The van der Waals surface area contributed by atoms with Crippen molar-refractivity contribution in [3.05, 3.63) is 0 Å². The fourth-order valence-corrected chi connectivity index (χ4v) is 2.34. The van der Waals surface area contributed by atoms with Crippen molar-refractivity contribution in [3.63, 3.8) is 0 Å². The molecule has 2 rings (SSSR count). The zero-order valence-corrected chi connectivity index (χ0v) is 7.72. The average molecular weight is 169 g/mol. The SMILES string of the molecule is C1CCC[C@H]2NCCO[C@H]2CC1. The Balaban J connectivity index is 1.89. The van der Waals surface area contributed by atoms with Crippen LogP contribution in [0.5, 0.6) is 0 Å². The van der Waals surface area contributed by atoms with E-state index < -0.39 is 0 Å². The third-order valence-corrected chi connectivity index (χ3v) is 3.04. The maximum absolute atomic E-state index is 5.75. The van der Waals surface area contributed by atoms with E-state index in [2.05, 4.69) is 5.32 Å². The second kappa shape index (κ2) is 4.24. The molecule has 1 N–H and O–H groups in total. The minimum Gasteiger partial charge on any atom is -0.375 e. The van der Waals surface area contributed by atoms with E-state index in [0.29, 0.717) is 12.1 Å². The second-order valence-electron chi connectivity index (χ2n) is 3.96. The summed E-state index contributed by atoms with van der Waals surface area (Å²) in [6, 6.07) is 0.666. The van der Waals surface area contributed by atoms with Crippen LogP contribution in [0.25, 0.3) is 0 Å². The Morgan fingerprint density at radius 3 is 2.75 bits per heavy atom. The largest absolute Gasteiger partial charge is 0.375 e. The quantitative estimate of drug-likeness (QED) is 0.596. The second-order valence-corrected chi connectivity index (χ2v) is 3.96. The lowest BCUT2D eigenvalue weighted by atomic mass is 9.93.